The van der Waals surface area contributed by atoms with Gasteiger partial charge in [-0.25, -0.2) is 0 Å². The zero-order chi connectivity index (χ0) is 33.0. The Bertz CT molecular complexity index is 2590. The van der Waals surface area contributed by atoms with Crippen LogP contribution in [0.3, 0.4) is 0 Å². The summed E-state index contributed by atoms with van der Waals surface area (Å²) in [6, 6.07) is 60.4. The zero-order valence-electron chi connectivity index (χ0n) is 27.1. The predicted octanol–water partition coefficient (Wildman–Crippen LogP) is 11.7. The maximum absolute atomic E-state index is 4.98. The molecule has 0 aliphatic carbocycles. The molecule has 50 heavy (non-hydrogen) atoms. The molecule has 0 atom stereocenters. The average molecular weight is 639 g/mol. The van der Waals surface area contributed by atoms with E-state index in [4.69, 9.17) is 9.97 Å². The molecular weight excluding hydrogens is 609 g/mol. The lowest BCUT2D eigenvalue weighted by Gasteiger charge is -2.15. The van der Waals surface area contributed by atoms with Gasteiger partial charge in [0, 0.05) is 56.4 Å². The molecule has 0 saturated heterocycles. The van der Waals surface area contributed by atoms with Crippen molar-refractivity contribution < 1.29 is 0 Å². The molecule has 0 amide bonds. The molecule has 0 radical (unpaired) electrons. The fraction of sp³-hybridized carbons (Fsp3) is 0. The van der Waals surface area contributed by atoms with Gasteiger partial charge in [-0.2, -0.15) is 0 Å². The Morgan fingerprint density at radius 1 is 0.320 bits per heavy atom. The number of fused-ring (bicyclic) bond motifs is 6. The molecular formula is C46H30N4. The highest BCUT2D eigenvalue weighted by atomic mass is 15.0. The van der Waals surface area contributed by atoms with Gasteiger partial charge in [-0.3, -0.25) is 9.97 Å². The van der Waals surface area contributed by atoms with Crippen LogP contribution >= 0.6 is 0 Å². The standard InChI is InChI=1S/C46H30N4/c1-5-23-41-37(17-1)38-18-2-6-24-42(38)49(41)33-15-9-13-31(29-33)35-21-11-27-47-45(35)46-36(22-12-28-48-46)32-14-10-16-34(30-32)50-43-25-7-3-19-39(43)40-20-4-8-26-44(40)50/h1-30H. The molecule has 0 saturated carbocycles. The van der Waals surface area contributed by atoms with Crippen molar-refractivity contribution in [3.8, 4) is 45.0 Å². The van der Waals surface area contributed by atoms with E-state index in [-0.39, 0.29) is 0 Å². The van der Waals surface area contributed by atoms with Gasteiger partial charge in [0.1, 0.15) is 0 Å². The third kappa shape index (κ3) is 4.39. The summed E-state index contributed by atoms with van der Waals surface area (Å²) in [6.07, 6.45) is 3.73. The molecule has 4 nitrogen and oxygen atoms in total. The second kappa shape index (κ2) is 11.4. The molecule has 0 aliphatic heterocycles. The van der Waals surface area contributed by atoms with Gasteiger partial charge in [0.15, 0.2) is 0 Å². The van der Waals surface area contributed by atoms with Crippen LogP contribution in [-0.2, 0) is 0 Å². The Morgan fingerprint density at radius 2 is 0.680 bits per heavy atom. The van der Waals surface area contributed by atoms with Gasteiger partial charge in [0.25, 0.3) is 0 Å². The van der Waals surface area contributed by atoms with E-state index in [0.717, 1.165) is 45.0 Å². The Morgan fingerprint density at radius 3 is 1.06 bits per heavy atom. The number of hydrogen-bond acceptors (Lipinski definition) is 2. The van der Waals surface area contributed by atoms with Crippen molar-refractivity contribution in [2.24, 2.45) is 0 Å². The summed E-state index contributed by atoms with van der Waals surface area (Å²) in [5, 5.41) is 4.99. The van der Waals surface area contributed by atoms with E-state index in [1.165, 1.54) is 43.6 Å². The molecule has 0 unspecified atom stereocenters. The largest absolute Gasteiger partial charge is 0.309 e. The van der Waals surface area contributed by atoms with Crippen molar-refractivity contribution in [3.63, 3.8) is 0 Å². The zero-order valence-corrected chi connectivity index (χ0v) is 27.1. The van der Waals surface area contributed by atoms with Crippen LogP contribution in [-0.4, -0.2) is 19.1 Å². The topological polar surface area (TPSA) is 35.6 Å². The van der Waals surface area contributed by atoms with Gasteiger partial charge in [0.05, 0.1) is 33.5 Å². The molecule has 4 heteroatoms. The molecule has 4 heterocycles. The Kier molecular flexibility index (Phi) is 6.46. The van der Waals surface area contributed by atoms with Gasteiger partial charge in [-0.15, -0.1) is 0 Å². The predicted molar refractivity (Wildman–Crippen MR) is 207 cm³/mol. The van der Waals surface area contributed by atoms with Crippen LogP contribution in [0.15, 0.2) is 182 Å². The lowest BCUT2D eigenvalue weighted by molar-refractivity contribution is 1.18. The van der Waals surface area contributed by atoms with E-state index in [0.29, 0.717) is 0 Å². The number of pyridine rings is 2. The molecule has 0 bridgehead atoms. The summed E-state index contributed by atoms with van der Waals surface area (Å²) in [4.78, 5) is 9.97. The maximum Gasteiger partial charge on any atom is 0.0970 e. The molecule has 0 aliphatic rings. The van der Waals surface area contributed by atoms with Crippen molar-refractivity contribution in [1.29, 1.82) is 0 Å². The minimum absolute atomic E-state index is 0.852. The van der Waals surface area contributed by atoms with E-state index in [1.54, 1.807) is 0 Å². The first-order chi connectivity index (χ1) is 24.8. The summed E-state index contributed by atoms with van der Waals surface area (Å²) in [5.74, 6) is 0. The summed E-state index contributed by atoms with van der Waals surface area (Å²) < 4.78 is 4.72. The van der Waals surface area contributed by atoms with Crippen LogP contribution in [0.2, 0.25) is 0 Å². The second-order valence-electron chi connectivity index (χ2n) is 12.6. The summed E-state index contributed by atoms with van der Waals surface area (Å²) >= 11 is 0. The number of hydrogen-bond donors (Lipinski definition) is 0. The SMILES string of the molecule is c1cc(-c2cccnc2-c2ncccc2-c2cccc(-n3c4ccccc4c4ccccc43)c2)cc(-n2c3ccccc3c3ccccc32)c1. The first kappa shape index (κ1) is 28.3. The molecule has 0 fully saturated rings. The summed E-state index contributed by atoms with van der Waals surface area (Å²) in [5.41, 5.74) is 12.9. The van der Waals surface area contributed by atoms with Gasteiger partial charge in [0.2, 0.25) is 0 Å². The molecule has 234 valence electrons. The number of rotatable bonds is 5. The average Bonchev–Trinajstić information content (AvgIpc) is 3.71. The first-order valence-corrected chi connectivity index (χ1v) is 16.9. The van der Waals surface area contributed by atoms with Crippen LogP contribution in [0, 0.1) is 0 Å². The third-order valence-corrected chi connectivity index (χ3v) is 9.83. The Balaban J connectivity index is 1.12. The van der Waals surface area contributed by atoms with E-state index < -0.39 is 0 Å². The van der Waals surface area contributed by atoms with Gasteiger partial charge >= 0.3 is 0 Å². The maximum atomic E-state index is 4.98. The molecule has 10 aromatic rings. The lowest BCUT2D eigenvalue weighted by Crippen LogP contribution is -1.98. The van der Waals surface area contributed by atoms with E-state index >= 15 is 0 Å². The van der Waals surface area contributed by atoms with E-state index in [1.807, 2.05) is 24.5 Å². The Labute approximate surface area is 289 Å². The fourth-order valence-corrected chi connectivity index (χ4v) is 7.68. The Hall–Kier alpha value is -6.78. The van der Waals surface area contributed by atoms with Crippen molar-refractivity contribution in [3.05, 3.63) is 182 Å². The van der Waals surface area contributed by atoms with E-state index in [2.05, 4.69) is 167 Å². The van der Waals surface area contributed by atoms with Crippen LogP contribution in [0.25, 0.3) is 88.6 Å². The highest BCUT2D eigenvalue weighted by Crippen LogP contribution is 2.39. The number of para-hydroxylation sites is 4. The van der Waals surface area contributed by atoms with Crippen molar-refractivity contribution in [1.82, 2.24) is 19.1 Å². The summed E-state index contributed by atoms with van der Waals surface area (Å²) in [7, 11) is 0. The molecule has 0 spiro atoms. The monoisotopic (exact) mass is 638 g/mol. The quantitative estimate of drug-likeness (QED) is 0.188. The molecule has 0 N–H and O–H groups in total. The number of aromatic nitrogens is 4. The van der Waals surface area contributed by atoms with Gasteiger partial charge < -0.3 is 9.13 Å². The summed E-state index contributed by atoms with van der Waals surface area (Å²) in [6.45, 7) is 0. The van der Waals surface area contributed by atoms with E-state index in [9.17, 15) is 0 Å². The van der Waals surface area contributed by atoms with Crippen molar-refractivity contribution >= 4 is 43.6 Å². The molecule has 4 aromatic heterocycles. The fourth-order valence-electron chi connectivity index (χ4n) is 7.68. The lowest BCUT2D eigenvalue weighted by atomic mass is 9.96. The van der Waals surface area contributed by atoms with Crippen LogP contribution < -0.4 is 0 Å². The number of nitrogens with zero attached hydrogens (tertiary/aromatic N) is 4. The normalized spacial score (nSPS) is 11.6. The first-order valence-electron chi connectivity index (χ1n) is 16.9. The second-order valence-corrected chi connectivity index (χ2v) is 12.6. The van der Waals surface area contributed by atoms with Gasteiger partial charge in [-0.1, -0.05) is 109 Å². The van der Waals surface area contributed by atoms with Crippen molar-refractivity contribution in [2.75, 3.05) is 0 Å². The minimum atomic E-state index is 0.852. The number of benzene rings is 6. The molecule has 6 aromatic carbocycles. The smallest absolute Gasteiger partial charge is 0.0970 e. The van der Waals surface area contributed by atoms with Crippen LogP contribution in [0.1, 0.15) is 0 Å². The highest BCUT2D eigenvalue weighted by molar-refractivity contribution is 6.10. The molecule has 10 rings (SSSR count). The van der Waals surface area contributed by atoms with Crippen LogP contribution in [0.5, 0.6) is 0 Å². The highest BCUT2D eigenvalue weighted by Gasteiger charge is 2.18. The van der Waals surface area contributed by atoms with Crippen molar-refractivity contribution in [2.45, 2.75) is 0 Å². The third-order valence-electron chi connectivity index (χ3n) is 9.83. The van der Waals surface area contributed by atoms with Gasteiger partial charge in [-0.05, 0) is 71.8 Å². The van der Waals surface area contributed by atoms with Crippen LogP contribution in [0.4, 0.5) is 0 Å². The minimum Gasteiger partial charge on any atom is -0.309 e.